The Bertz CT molecular complexity index is 287. The second-order valence-electron chi connectivity index (χ2n) is 3.46. The molecule has 0 N–H and O–H groups in total. The molecule has 0 radical (unpaired) electrons. The van der Waals surface area contributed by atoms with Gasteiger partial charge in [-0.25, -0.2) is 0 Å². The van der Waals surface area contributed by atoms with E-state index in [1.165, 1.54) is 5.56 Å². The van der Waals surface area contributed by atoms with Crippen LogP contribution in [0.2, 0.25) is 0 Å². The van der Waals surface area contributed by atoms with Crippen LogP contribution in [-0.4, -0.2) is 11.8 Å². The Hall–Kier alpha value is -0.830. The zero-order valence-corrected chi connectivity index (χ0v) is 8.17. The van der Waals surface area contributed by atoms with Crippen LogP contribution in [0.15, 0.2) is 4.52 Å². The minimum atomic E-state index is 0.187. The zero-order valence-electron chi connectivity index (χ0n) is 8.17. The molecule has 0 aromatic carbocycles. The van der Waals surface area contributed by atoms with Gasteiger partial charge < -0.3 is 9.26 Å². The molecule has 0 saturated carbocycles. The molecule has 2 rings (SSSR count). The van der Waals surface area contributed by atoms with E-state index in [-0.39, 0.29) is 6.10 Å². The van der Waals surface area contributed by atoms with E-state index in [0.717, 1.165) is 37.3 Å². The van der Waals surface area contributed by atoms with Crippen molar-refractivity contribution in [3.05, 3.63) is 17.0 Å². The summed E-state index contributed by atoms with van der Waals surface area (Å²) >= 11 is 0. The molecular weight excluding hydrogens is 166 g/mol. The molecule has 1 aliphatic rings. The third-order valence-electron chi connectivity index (χ3n) is 2.60. The van der Waals surface area contributed by atoms with E-state index in [1.54, 1.807) is 0 Å². The fourth-order valence-corrected chi connectivity index (χ4v) is 1.88. The highest BCUT2D eigenvalue weighted by atomic mass is 16.5. The van der Waals surface area contributed by atoms with Gasteiger partial charge in [-0.05, 0) is 26.2 Å². The van der Waals surface area contributed by atoms with Gasteiger partial charge in [-0.1, -0.05) is 12.1 Å². The molecule has 1 atom stereocenters. The molecule has 13 heavy (non-hydrogen) atoms. The molecule has 0 bridgehead atoms. The molecule has 0 aliphatic carbocycles. The van der Waals surface area contributed by atoms with E-state index < -0.39 is 0 Å². The van der Waals surface area contributed by atoms with Gasteiger partial charge in [0.2, 0.25) is 0 Å². The lowest BCUT2D eigenvalue weighted by Crippen LogP contribution is -2.00. The van der Waals surface area contributed by atoms with E-state index >= 15 is 0 Å². The molecule has 3 heteroatoms. The minimum Gasteiger partial charge on any atom is -0.372 e. The Morgan fingerprint density at radius 2 is 2.38 bits per heavy atom. The zero-order chi connectivity index (χ0) is 9.26. The van der Waals surface area contributed by atoms with Crippen LogP contribution in [0.25, 0.3) is 0 Å². The maximum atomic E-state index is 5.57. The van der Waals surface area contributed by atoms with E-state index in [0.29, 0.717) is 0 Å². The summed E-state index contributed by atoms with van der Waals surface area (Å²) in [5, 5.41) is 4.07. The molecule has 0 amide bonds. The van der Waals surface area contributed by atoms with Crippen molar-refractivity contribution < 1.29 is 9.26 Å². The van der Waals surface area contributed by atoms with Crippen LogP contribution >= 0.6 is 0 Å². The molecule has 0 spiro atoms. The van der Waals surface area contributed by atoms with Crippen molar-refractivity contribution >= 4 is 0 Å². The SMILES string of the molecule is CCc1c(C2CCCO2)noc1C. The highest BCUT2D eigenvalue weighted by Crippen LogP contribution is 2.31. The number of hydrogen-bond acceptors (Lipinski definition) is 3. The topological polar surface area (TPSA) is 35.3 Å². The van der Waals surface area contributed by atoms with Gasteiger partial charge in [0.1, 0.15) is 17.6 Å². The quantitative estimate of drug-likeness (QED) is 0.702. The van der Waals surface area contributed by atoms with Gasteiger partial charge in [0.25, 0.3) is 0 Å². The second kappa shape index (κ2) is 3.50. The van der Waals surface area contributed by atoms with E-state index in [4.69, 9.17) is 9.26 Å². The Balaban J connectivity index is 2.27. The standard InChI is InChI=1S/C10H15NO2/c1-3-8-7(2)13-11-10(8)9-5-4-6-12-9/h9H,3-6H2,1-2H3. The van der Waals surface area contributed by atoms with Crippen LogP contribution < -0.4 is 0 Å². The Labute approximate surface area is 78.1 Å². The molecule has 72 valence electrons. The summed E-state index contributed by atoms with van der Waals surface area (Å²) < 4.78 is 10.7. The number of nitrogens with zero attached hydrogens (tertiary/aromatic N) is 1. The number of aryl methyl sites for hydroxylation is 1. The van der Waals surface area contributed by atoms with Crippen molar-refractivity contribution in [3.8, 4) is 0 Å². The molecule has 1 fully saturated rings. The monoisotopic (exact) mass is 181 g/mol. The molecule has 1 aromatic heterocycles. The fraction of sp³-hybridized carbons (Fsp3) is 0.700. The third kappa shape index (κ3) is 1.48. The molecular formula is C10H15NO2. The number of hydrogen-bond donors (Lipinski definition) is 0. The molecule has 1 aromatic rings. The summed E-state index contributed by atoms with van der Waals surface area (Å²) in [6.45, 7) is 4.95. The molecule has 1 aliphatic heterocycles. The van der Waals surface area contributed by atoms with Gasteiger partial charge in [0, 0.05) is 12.2 Å². The number of aromatic nitrogens is 1. The second-order valence-corrected chi connectivity index (χ2v) is 3.46. The first-order valence-electron chi connectivity index (χ1n) is 4.89. The summed E-state index contributed by atoms with van der Waals surface area (Å²) in [6.07, 6.45) is 3.39. The maximum Gasteiger partial charge on any atom is 0.137 e. The maximum absolute atomic E-state index is 5.57. The fourth-order valence-electron chi connectivity index (χ4n) is 1.88. The lowest BCUT2D eigenvalue weighted by Gasteiger charge is -2.06. The van der Waals surface area contributed by atoms with Crippen LogP contribution in [0.1, 0.15) is 42.9 Å². The van der Waals surface area contributed by atoms with Gasteiger partial charge in [-0.2, -0.15) is 0 Å². The first kappa shape index (κ1) is 8.75. The Kier molecular flexibility index (Phi) is 2.36. The molecule has 3 nitrogen and oxygen atoms in total. The van der Waals surface area contributed by atoms with Crippen LogP contribution in [0.3, 0.4) is 0 Å². The van der Waals surface area contributed by atoms with Gasteiger partial charge >= 0.3 is 0 Å². The highest BCUT2D eigenvalue weighted by molar-refractivity contribution is 5.24. The van der Waals surface area contributed by atoms with Crippen molar-refractivity contribution in [2.45, 2.75) is 39.2 Å². The smallest absolute Gasteiger partial charge is 0.137 e. The van der Waals surface area contributed by atoms with Gasteiger partial charge in [-0.3, -0.25) is 0 Å². The van der Waals surface area contributed by atoms with Crippen molar-refractivity contribution in [1.29, 1.82) is 0 Å². The average molecular weight is 181 g/mol. The Morgan fingerprint density at radius 1 is 1.54 bits per heavy atom. The van der Waals surface area contributed by atoms with E-state index in [1.807, 2.05) is 6.92 Å². The summed E-state index contributed by atoms with van der Waals surface area (Å²) in [6, 6.07) is 0. The van der Waals surface area contributed by atoms with Gasteiger partial charge in [0.15, 0.2) is 0 Å². The molecule has 2 heterocycles. The summed E-state index contributed by atoms with van der Waals surface area (Å²) in [5.41, 5.74) is 2.25. The lowest BCUT2D eigenvalue weighted by atomic mass is 10.1. The summed E-state index contributed by atoms with van der Waals surface area (Å²) in [5.74, 6) is 0.938. The lowest BCUT2D eigenvalue weighted by molar-refractivity contribution is 0.105. The highest BCUT2D eigenvalue weighted by Gasteiger charge is 2.24. The van der Waals surface area contributed by atoms with E-state index in [2.05, 4.69) is 12.1 Å². The normalized spacial score (nSPS) is 22.5. The minimum absolute atomic E-state index is 0.187. The van der Waals surface area contributed by atoms with E-state index in [9.17, 15) is 0 Å². The van der Waals surface area contributed by atoms with Crippen LogP contribution in [-0.2, 0) is 11.2 Å². The Morgan fingerprint density at radius 3 is 3.00 bits per heavy atom. The van der Waals surface area contributed by atoms with Crippen LogP contribution in [0, 0.1) is 6.92 Å². The predicted molar refractivity (Wildman–Crippen MR) is 48.5 cm³/mol. The van der Waals surface area contributed by atoms with Gasteiger partial charge in [0.05, 0.1) is 0 Å². The summed E-state index contributed by atoms with van der Waals surface area (Å²) in [4.78, 5) is 0. The predicted octanol–water partition coefficient (Wildman–Crippen LogP) is 2.40. The summed E-state index contributed by atoms with van der Waals surface area (Å²) in [7, 11) is 0. The number of rotatable bonds is 2. The first-order valence-corrected chi connectivity index (χ1v) is 4.89. The first-order chi connectivity index (χ1) is 6.33. The van der Waals surface area contributed by atoms with Crippen molar-refractivity contribution in [1.82, 2.24) is 5.16 Å². The largest absolute Gasteiger partial charge is 0.372 e. The molecule has 1 saturated heterocycles. The number of ether oxygens (including phenoxy) is 1. The molecule has 1 unspecified atom stereocenters. The van der Waals surface area contributed by atoms with Crippen LogP contribution in [0.4, 0.5) is 0 Å². The third-order valence-corrected chi connectivity index (χ3v) is 2.60. The van der Waals surface area contributed by atoms with Gasteiger partial charge in [-0.15, -0.1) is 0 Å². The van der Waals surface area contributed by atoms with Crippen molar-refractivity contribution in [3.63, 3.8) is 0 Å². The van der Waals surface area contributed by atoms with Crippen molar-refractivity contribution in [2.24, 2.45) is 0 Å². The van der Waals surface area contributed by atoms with Crippen molar-refractivity contribution in [2.75, 3.05) is 6.61 Å². The van der Waals surface area contributed by atoms with Crippen LogP contribution in [0.5, 0.6) is 0 Å². The average Bonchev–Trinajstić information content (AvgIpc) is 2.71.